The van der Waals surface area contributed by atoms with Gasteiger partial charge in [-0.25, -0.2) is 0 Å². The van der Waals surface area contributed by atoms with Crippen molar-refractivity contribution in [2.24, 2.45) is 0 Å². The number of hydrogen-bond donors (Lipinski definition) is 1. The van der Waals surface area contributed by atoms with E-state index in [1.165, 1.54) is 5.56 Å². The van der Waals surface area contributed by atoms with E-state index in [2.05, 4.69) is 38.7 Å². The van der Waals surface area contributed by atoms with Crippen LogP contribution in [-0.4, -0.2) is 23.5 Å². The monoisotopic (exact) mass is 268 g/mol. The van der Waals surface area contributed by atoms with E-state index in [1.807, 2.05) is 12.1 Å². The molecule has 1 aromatic carbocycles. The topological polar surface area (TPSA) is 29.3 Å². The van der Waals surface area contributed by atoms with Crippen molar-refractivity contribution in [3.8, 4) is 0 Å². The summed E-state index contributed by atoms with van der Waals surface area (Å²) in [5.41, 5.74) is 7.99. The predicted octanol–water partition coefficient (Wildman–Crippen LogP) is 3.98. The molecule has 2 nitrogen and oxygen atoms in total. The van der Waals surface area contributed by atoms with E-state index < -0.39 is 0 Å². The van der Waals surface area contributed by atoms with Crippen molar-refractivity contribution in [2.45, 2.75) is 46.1 Å². The number of hydrogen-bond acceptors (Lipinski definition) is 2. The molecule has 0 saturated heterocycles. The number of nitrogens with two attached hydrogens (primary N) is 1. The SMILES string of the molecule is CCN(CCCc1ccc(Cl)c(N)c1)C(C)(C)C. The smallest absolute Gasteiger partial charge is 0.0635 e. The molecule has 0 unspecified atom stereocenters. The van der Waals surface area contributed by atoms with Gasteiger partial charge in [-0.1, -0.05) is 24.6 Å². The average molecular weight is 269 g/mol. The molecule has 2 N–H and O–H groups in total. The molecule has 0 atom stereocenters. The standard InChI is InChI=1S/C15H25ClN2/c1-5-18(15(2,3)4)10-6-7-12-8-9-13(16)14(17)11-12/h8-9,11H,5-7,10,17H2,1-4H3. The van der Waals surface area contributed by atoms with Crippen molar-refractivity contribution in [1.29, 1.82) is 0 Å². The molecule has 0 fully saturated rings. The Kier molecular flexibility index (Phi) is 5.48. The highest BCUT2D eigenvalue weighted by Gasteiger charge is 2.18. The lowest BCUT2D eigenvalue weighted by Gasteiger charge is -2.34. The zero-order valence-electron chi connectivity index (χ0n) is 12.0. The summed E-state index contributed by atoms with van der Waals surface area (Å²) in [6.45, 7) is 11.2. The summed E-state index contributed by atoms with van der Waals surface area (Å²) in [4.78, 5) is 2.49. The highest BCUT2D eigenvalue weighted by atomic mass is 35.5. The fourth-order valence-corrected chi connectivity index (χ4v) is 2.31. The quantitative estimate of drug-likeness (QED) is 0.819. The van der Waals surface area contributed by atoms with Gasteiger partial charge in [0.15, 0.2) is 0 Å². The molecule has 1 aromatic rings. The van der Waals surface area contributed by atoms with E-state index in [1.54, 1.807) is 0 Å². The number of benzene rings is 1. The van der Waals surface area contributed by atoms with Crippen molar-refractivity contribution < 1.29 is 0 Å². The number of aryl methyl sites for hydroxylation is 1. The van der Waals surface area contributed by atoms with Crippen LogP contribution in [0.1, 0.15) is 39.7 Å². The lowest BCUT2D eigenvalue weighted by Crippen LogP contribution is -2.41. The average Bonchev–Trinajstić information content (AvgIpc) is 2.27. The first-order valence-corrected chi connectivity index (χ1v) is 7.01. The zero-order chi connectivity index (χ0) is 13.8. The minimum Gasteiger partial charge on any atom is -0.398 e. The van der Waals surface area contributed by atoms with Crippen LogP contribution in [0, 0.1) is 0 Å². The van der Waals surface area contributed by atoms with Gasteiger partial charge in [-0.05, 0) is 64.4 Å². The Morgan fingerprint density at radius 1 is 1.28 bits per heavy atom. The third kappa shape index (κ3) is 4.51. The third-order valence-electron chi connectivity index (χ3n) is 3.28. The van der Waals surface area contributed by atoms with Gasteiger partial charge in [-0.15, -0.1) is 0 Å². The molecule has 102 valence electrons. The van der Waals surface area contributed by atoms with Crippen molar-refractivity contribution in [2.75, 3.05) is 18.8 Å². The third-order valence-corrected chi connectivity index (χ3v) is 3.63. The Bertz CT molecular complexity index is 383. The predicted molar refractivity (Wildman–Crippen MR) is 81.2 cm³/mol. The Labute approximate surface area is 116 Å². The summed E-state index contributed by atoms with van der Waals surface area (Å²) >= 11 is 5.91. The molecule has 0 aromatic heterocycles. The molecular weight excluding hydrogens is 244 g/mol. The van der Waals surface area contributed by atoms with Gasteiger partial charge < -0.3 is 5.73 Å². The molecule has 0 spiro atoms. The van der Waals surface area contributed by atoms with Crippen molar-refractivity contribution in [1.82, 2.24) is 4.90 Å². The summed E-state index contributed by atoms with van der Waals surface area (Å²) in [6.07, 6.45) is 2.19. The van der Waals surface area contributed by atoms with Crippen LogP contribution in [-0.2, 0) is 6.42 Å². The first-order valence-electron chi connectivity index (χ1n) is 6.63. The van der Waals surface area contributed by atoms with Crippen molar-refractivity contribution in [3.63, 3.8) is 0 Å². The maximum atomic E-state index is 5.91. The highest BCUT2D eigenvalue weighted by Crippen LogP contribution is 2.20. The van der Waals surface area contributed by atoms with Crippen LogP contribution in [0.2, 0.25) is 5.02 Å². The Balaban J connectivity index is 2.48. The molecule has 0 aliphatic carbocycles. The van der Waals surface area contributed by atoms with Gasteiger partial charge in [0, 0.05) is 5.54 Å². The minimum atomic E-state index is 0.244. The van der Waals surface area contributed by atoms with Crippen LogP contribution in [0.4, 0.5) is 5.69 Å². The summed E-state index contributed by atoms with van der Waals surface area (Å²) < 4.78 is 0. The van der Waals surface area contributed by atoms with E-state index in [4.69, 9.17) is 17.3 Å². The fourth-order valence-electron chi connectivity index (χ4n) is 2.19. The summed E-state index contributed by atoms with van der Waals surface area (Å²) in [5, 5.41) is 0.642. The summed E-state index contributed by atoms with van der Waals surface area (Å²) in [6, 6.07) is 5.93. The van der Waals surface area contributed by atoms with E-state index >= 15 is 0 Å². The van der Waals surface area contributed by atoms with Gasteiger partial charge in [-0.3, -0.25) is 4.90 Å². The Hall–Kier alpha value is -0.730. The maximum Gasteiger partial charge on any atom is 0.0635 e. The van der Waals surface area contributed by atoms with E-state index in [0.29, 0.717) is 10.7 Å². The van der Waals surface area contributed by atoms with Gasteiger partial charge >= 0.3 is 0 Å². The normalized spacial score (nSPS) is 12.1. The first-order chi connectivity index (χ1) is 8.34. The second-order valence-electron chi connectivity index (χ2n) is 5.71. The van der Waals surface area contributed by atoms with Gasteiger partial charge in [0.05, 0.1) is 10.7 Å². The number of anilines is 1. The lowest BCUT2D eigenvalue weighted by molar-refractivity contribution is 0.143. The van der Waals surface area contributed by atoms with Crippen LogP contribution in [0.15, 0.2) is 18.2 Å². The summed E-state index contributed by atoms with van der Waals surface area (Å²) in [5.74, 6) is 0. The molecule has 0 aliphatic heterocycles. The first kappa shape index (κ1) is 15.3. The molecule has 3 heteroatoms. The molecular formula is C15H25ClN2. The molecule has 0 heterocycles. The summed E-state index contributed by atoms with van der Waals surface area (Å²) in [7, 11) is 0. The fraction of sp³-hybridized carbons (Fsp3) is 0.600. The number of nitrogens with zero attached hydrogens (tertiary/aromatic N) is 1. The molecule has 0 radical (unpaired) electrons. The lowest BCUT2D eigenvalue weighted by atomic mass is 10.0. The zero-order valence-corrected chi connectivity index (χ0v) is 12.7. The van der Waals surface area contributed by atoms with Gasteiger partial charge in [0.2, 0.25) is 0 Å². The molecule has 1 rings (SSSR count). The van der Waals surface area contributed by atoms with Crippen molar-refractivity contribution >= 4 is 17.3 Å². The van der Waals surface area contributed by atoms with Crippen molar-refractivity contribution in [3.05, 3.63) is 28.8 Å². The molecule has 0 bridgehead atoms. The van der Waals surface area contributed by atoms with Gasteiger partial charge in [0.25, 0.3) is 0 Å². The van der Waals surface area contributed by atoms with E-state index in [-0.39, 0.29) is 5.54 Å². The molecule has 18 heavy (non-hydrogen) atoms. The Morgan fingerprint density at radius 2 is 1.94 bits per heavy atom. The number of nitrogen functional groups attached to an aromatic ring is 1. The van der Waals surface area contributed by atoms with Gasteiger partial charge in [0.1, 0.15) is 0 Å². The molecule has 0 aliphatic rings. The number of halogens is 1. The Morgan fingerprint density at radius 3 is 2.44 bits per heavy atom. The molecule has 0 saturated carbocycles. The second kappa shape index (κ2) is 6.44. The number of rotatable bonds is 5. The van der Waals surface area contributed by atoms with Crippen LogP contribution in [0.25, 0.3) is 0 Å². The van der Waals surface area contributed by atoms with Gasteiger partial charge in [-0.2, -0.15) is 0 Å². The van der Waals surface area contributed by atoms with Crippen LogP contribution in [0.5, 0.6) is 0 Å². The van der Waals surface area contributed by atoms with E-state index in [9.17, 15) is 0 Å². The molecule has 0 amide bonds. The highest BCUT2D eigenvalue weighted by molar-refractivity contribution is 6.33. The largest absolute Gasteiger partial charge is 0.398 e. The van der Waals surface area contributed by atoms with E-state index in [0.717, 1.165) is 25.9 Å². The van der Waals surface area contributed by atoms with Crippen LogP contribution in [0.3, 0.4) is 0 Å². The minimum absolute atomic E-state index is 0.244. The van der Waals surface area contributed by atoms with Crippen LogP contribution >= 0.6 is 11.6 Å². The second-order valence-corrected chi connectivity index (χ2v) is 6.12. The maximum absolute atomic E-state index is 5.91. The van der Waals surface area contributed by atoms with Crippen LogP contribution < -0.4 is 5.73 Å².